The van der Waals surface area contributed by atoms with Gasteiger partial charge < -0.3 is 75.1 Å². The number of carbonyl (C=O) groups is 1. The van der Waals surface area contributed by atoms with Crippen molar-refractivity contribution in [2.75, 3.05) is 13.2 Å². The molecule has 2 saturated heterocycles. The van der Waals surface area contributed by atoms with E-state index in [0.29, 0.717) is 0 Å². The van der Waals surface area contributed by atoms with Crippen LogP contribution in [0, 0.1) is 0 Å². The molecule has 2 heterocycles. The standard InChI is InChI=1S/C19H34O16/c1-2-6-9(22)12(25)15(28)19(34-6)33-4-7-10(23)13(26)16(29)18(35-7)32-3-5(20)8(21)11(24)14(27)17(30)31/h5-16,18-29H,2-4H2,1H3,(H,30,31)/t5?,6?,7?,8-,9-,10-,11?,12?,13?,14?,15?,16?,18?,19+/m1/s1. The highest BCUT2D eigenvalue weighted by Crippen LogP contribution is 2.27. The van der Waals surface area contributed by atoms with Gasteiger partial charge in [0.05, 0.1) is 19.3 Å². The number of aliphatic hydroxyl groups is 10. The van der Waals surface area contributed by atoms with Gasteiger partial charge in [-0.25, -0.2) is 4.79 Å². The third-order valence-electron chi connectivity index (χ3n) is 5.92. The first-order valence-corrected chi connectivity index (χ1v) is 10.9. The van der Waals surface area contributed by atoms with Crippen molar-refractivity contribution in [3.8, 4) is 0 Å². The zero-order chi connectivity index (χ0) is 26.6. The molecule has 0 aliphatic carbocycles. The molecule has 0 spiro atoms. The Morgan fingerprint density at radius 1 is 0.743 bits per heavy atom. The molecule has 0 aromatic carbocycles. The van der Waals surface area contributed by atoms with Gasteiger partial charge in [0.15, 0.2) is 18.7 Å². The third kappa shape index (κ3) is 7.02. The van der Waals surface area contributed by atoms with Crippen LogP contribution in [0.3, 0.4) is 0 Å². The third-order valence-corrected chi connectivity index (χ3v) is 5.92. The molecule has 16 heteroatoms. The molecule has 2 rings (SSSR count). The van der Waals surface area contributed by atoms with Crippen molar-refractivity contribution in [1.82, 2.24) is 0 Å². The van der Waals surface area contributed by atoms with Gasteiger partial charge in [-0.3, -0.25) is 0 Å². The fourth-order valence-electron chi connectivity index (χ4n) is 3.63. The average Bonchev–Trinajstić information content (AvgIpc) is 2.84. The lowest BCUT2D eigenvalue weighted by Gasteiger charge is -2.43. The van der Waals surface area contributed by atoms with Crippen molar-refractivity contribution >= 4 is 5.97 Å². The Balaban J connectivity index is 1.96. The maximum absolute atomic E-state index is 10.7. The number of carboxylic acids is 1. The summed E-state index contributed by atoms with van der Waals surface area (Å²) in [5.74, 6) is -1.85. The second kappa shape index (κ2) is 12.9. The SMILES string of the molecule is CCC1O[C@H](OCC2OC(OCC(O)[C@@H](O)C(O)C(O)C(=O)O)C(O)C(O)[C@@H]2O)C(O)C(O)[C@@H]1O. The van der Waals surface area contributed by atoms with Crippen molar-refractivity contribution in [2.45, 2.75) is 99.2 Å². The fraction of sp³-hybridized carbons (Fsp3) is 0.947. The molecule has 2 aliphatic rings. The number of carboxylic acid groups (broad SMARTS) is 1. The first kappa shape index (κ1) is 30.1. The largest absolute Gasteiger partial charge is 0.479 e. The molecule has 11 N–H and O–H groups in total. The normalized spacial score (nSPS) is 41.7. The highest BCUT2D eigenvalue weighted by molar-refractivity contribution is 5.72. The summed E-state index contributed by atoms with van der Waals surface area (Å²) in [6.07, 6.45) is -23.9. The van der Waals surface area contributed by atoms with E-state index in [1.807, 2.05) is 0 Å². The molecule has 0 bridgehead atoms. The fourth-order valence-corrected chi connectivity index (χ4v) is 3.63. The molecule has 2 fully saturated rings. The molecule has 0 saturated carbocycles. The Labute approximate surface area is 199 Å². The van der Waals surface area contributed by atoms with Crippen molar-refractivity contribution in [2.24, 2.45) is 0 Å². The average molecular weight is 518 g/mol. The van der Waals surface area contributed by atoms with Crippen LogP contribution in [-0.4, -0.2) is 161 Å². The van der Waals surface area contributed by atoms with E-state index in [0.717, 1.165) is 0 Å². The molecule has 35 heavy (non-hydrogen) atoms. The van der Waals surface area contributed by atoms with Crippen molar-refractivity contribution in [3.05, 3.63) is 0 Å². The lowest BCUT2D eigenvalue weighted by Crippen LogP contribution is -2.61. The van der Waals surface area contributed by atoms with Crippen LogP contribution in [0.25, 0.3) is 0 Å². The summed E-state index contributed by atoms with van der Waals surface area (Å²) in [5.41, 5.74) is 0. The zero-order valence-electron chi connectivity index (χ0n) is 18.7. The van der Waals surface area contributed by atoms with E-state index >= 15 is 0 Å². The molecule has 14 atom stereocenters. The van der Waals surface area contributed by atoms with Gasteiger partial charge in [0.2, 0.25) is 0 Å². The van der Waals surface area contributed by atoms with E-state index in [1.54, 1.807) is 6.92 Å². The van der Waals surface area contributed by atoms with Crippen LogP contribution in [-0.2, 0) is 23.7 Å². The summed E-state index contributed by atoms with van der Waals surface area (Å²) >= 11 is 0. The zero-order valence-corrected chi connectivity index (χ0v) is 18.7. The molecule has 16 nitrogen and oxygen atoms in total. The van der Waals surface area contributed by atoms with Gasteiger partial charge in [-0.1, -0.05) is 6.92 Å². The van der Waals surface area contributed by atoms with E-state index in [1.165, 1.54) is 0 Å². The van der Waals surface area contributed by atoms with E-state index in [-0.39, 0.29) is 6.42 Å². The number of aliphatic hydroxyl groups excluding tert-OH is 10. The number of hydrogen-bond acceptors (Lipinski definition) is 15. The maximum atomic E-state index is 10.7. The molecular weight excluding hydrogens is 484 g/mol. The van der Waals surface area contributed by atoms with Crippen LogP contribution in [0.1, 0.15) is 13.3 Å². The van der Waals surface area contributed by atoms with Gasteiger partial charge in [-0.05, 0) is 6.42 Å². The van der Waals surface area contributed by atoms with Crippen molar-refractivity contribution < 1.29 is 79.9 Å². The van der Waals surface area contributed by atoms with Crippen LogP contribution in [0.15, 0.2) is 0 Å². The van der Waals surface area contributed by atoms with Crippen LogP contribution in [0.4, 0.5) is 0 Å². The molecule has 10 unspecified atom stereocenters. The van der Waals surface area contributed by atoms with Gasteiger partial charge in [0, 0.05) is 0 Å². The van der Waals surface area contributed by atoms with E-state index in [9.17, 15) is 55.9 Å². The second-order valence-corrected chi connectivity index (χ2v) is 8.44. The highest BCUT2D eigenvalue weighted by atomic mass is 16.7. The highest BCUT2D eigenvalue weighted by Gasteiger charge is 2.47. The number of rotatable bonds is 11. The summed E-state index contributed by atoms with van der Waals surface area (Å²) < 4.78 is 21.2. The predicted octanol–water partition coefficient (Wildman–Crippen LogP) is -6.43. The second-order valence-electron chi connectivity index (χ2n) is 8.44. The minimum absolute atomic E-state index is 0.278. The minimum atomic E-state index is -2.40. The van der Waals surface area contributed by atoms with Crippen LogP contribution >= 0.6 is 0 Å². The molecule has 0 radical (unpaired) electrons. The first-order chi connectivity index (χ1) is 16.3. The summed E-state index contributed by atoms with van der Waals surface area (Å²) in [5, 5.41) is 108. The smallest absolute Gasteiger partial charge is 0.335 e. The Morgan fingerprint density at radius 2 is 1.23 bits per heavy atom. The molecule has 0 aromatic rings. The van der Waals surface area contributed by atoms with E-state index in [2.05, 4.69) is 0 Å². The molecule has 2 aliphatic heterocycles. The summed E-state index contributed by atoms with van der Waals surface area (Å²) in [6, 6.07) is 0. The Kier molecular flexibility index (Phi) is 11.1. The first-order valence-electron chi connectivity index (χ1n) is 10.9. The molecular formula is C19H34O16. The van der Waals surface area contributed by atoms with E-state index < -0.39 is 105 Å². The number of aliphatic carboxylic acids is 1. The Bertz CT molecular complexity index is 665. The van der Waals surface area contributed by atoms with E-state index in [4.69, 9.17) is 24.1 Å². The van der Waals surface area contributed by atoms with Gasteiger partial charge in [-0.2, -0.15) is 0 Å². The van der Waals surface area contributed by atoms with Gasteiger partial charge in [-0.15, -0.1) is 0 Å². The molecule has 206 valence electrons. The monoisotopic (exact) mass is 518 g/mol. The summed E-state index contributed by atoms with van der Waals surface area (Å²) in [7, 11) is 0. The quantitative estimate of drug-likeness (QED) is 0.121. The predicted molar refractivity (Wildman–Crippen MR) is 107 cm³/mol. The van der Waals surface area contributed by atoms with Gasteiger partial charge >= 0.3 is 5.97 Å². The Hall–Kier alpha value is -1.09. The number of ether oxygens (including phenoxy) is 4. The topological polar surface area (TPSA) is 277 Å². The van der Waals surface area contributed by atoms with Crippen molar-refractivity contribution in [3.63, 3.8) is 0 Å². The minimum Gasteiger partial charge on any atom is -0.479 e. The maximum Gasteiger partial charge on any atom is 0.335 e. The van der Waals surface area contributed by atoms with Gasteiger partial charge in [0.25, 0.3) is 0 Å². The van der Waals surface area contributed by atoms with Crippen molar-refractivity contribution in [1.29, 1.82) is 0 Å². The Morgan fingerprint density at radius 3 is 1.74 bits per heavy atom. The lowest BCUT2D eigenvalue weighted by molar-refractivity contribution is -0.331. The summed E-state index contributed by atoms with van der Waals surface area (Å²) in [6.45, 7) is 0.242. The van der Waals surface area contributed by atoms with Crippen LogP contribution in [0.2, 0.25) is 0 Å². The van der Waals surface area contributed by atoms with Crippen LogP contribution < -0.4 is 0 Å². The van der Waals surface area contributed by atoms with Crippen LogP contribution in [0.5, 0.6) is 0 Å². The number of hydrogen-bond donors (Lipinski definition) is 11. The molecule has 0 aromatic heterocycles. The lowest BCUT2D eigenvalue weighted by atomic mass is 9.97. The molecule has 0 amide bonds. The van der Waals surface area contributed by atoms with Gasteiger partial charge in [0.1, 0.15) is 61.0 Å². The summed E-state index contributed by atoms with van der Waals surface area (Å²) in [4.78, 5) is 10.7.